The Morgan fingerprint density at radius 1 is 0.633 bits per heavy atom. The van der Waals surface area contributed by atoms with Gasteiger partial charge in [-0.15, -0.1) is 93.3 Å². The normalized spacial score (nSPS) is 9.40. The van der Waals surface area contributed by atoms with Crippen LogP contribution in [0.3, 0.4) is 0 Å². The summed E-state index contributed by atoms with van der Waals surface area (Å²) in [6.07, 6.45) is 2.08. The van der Waals surface area contributed by atoms with Crippen molar-refractivity contribution >= 4 is 28.4 Å². The van der Waals surface area contributed by atoms with E-state index in [2.05, 4.69) is 105 Å². The average Bonchev–Trinajstić information content (AvgIpc) is 3.37. The van der Waals surface area contributed by atoms with Gasteiger partial charge in [0, 0.05) is 0 Å². The standard InChI is InChI=1S/2C10H9.C8H9.H2Si.Zr/c2*1-8-6-9-4-2-3-5-10(9)7-8;1-2-8-6-4-3-5-7-8;;/h2*2-7H,1H3;2-7H,1H3;1H2;/q3*-1;;. The molecule has 0 heterocycles. The van der Waals surface area contributed by atoms with Crippen molar-refractivity contribution in [2.24, 2.45) is 0 Å². The summed E-state index contributed by atoms with van der Waals surface area (Å²) in [5, 5.41) is 5.39. The monoisotopic (exact) mass is 483 g/mol. The number of benzene rings is 3. The Bertz CT molecular complexity index is 997. The van der Waals surface area contributed by atoms with E-state index in [9.17, 15) is 0 Å². The first-order valence-electron chi connectivity index (χ1n) is 10.1. The number of hydrogen-bond donors (Lipinski definition) is 0. The Morgan fingerprint density at radius 2 is 1.03 bits per heavy atom. The van der Waals surface area contributed by atoms with Gasteiger partial charge in [-0.3, -0.25) is 0 Å². The topological polar surface area (TPSA) is 0 Å². The molecule has 0 fully saturated rings. The Morgan fingerprint density at radius 3 is 1.40 bits per heavy atom. The molecular formula is C28H29SiZr-3. The van der Waals surface area contributed by atoms with Gasteiger partial charge in [0.15, 0.2) is 0 Å². The Hall–Kier alpha value is -2.15. The minimum absolute atomic E-state index is 1.28. The van der Waals surface area contributed by atoms with Crippen molar-refractivity contribution in [3.05, 3.63) is 126 Å². The molecule has 30 heavy (non-hydrogen) atoms. The molecule has 152 valence electrons. The van der Waals surface area contributed by atoms with Crippen LogP contribution >= 0.6 is 0 Å². The van der Waals surface area contributed by atoms with Crippen LogP contribution in [-0.2, 0) is 23.3 Å². The fraction of sp³-hybridized carbons (Fsp3) is 0.107. The van der Waals surface area contributed by atoms with Crippen LogP contribution in [-0.4, -0.2) is 6.88 Å². The van der Waals surface area contributed by atoms with E-state index in [0.29, 0.717) is 0 Å². The molecule has 0 N–H and O–H groups in total. The molecule has 0 radical (unpaired) electrons. The van der Waals surface area contributed by atoms with Gasteiger partial charge in [-0.25, -0.2) is 0 Å². The third-order valence-electron chi connectivity index (χ3n) is 4.66. The van der Waals surface area contributed by atoms with E-state index in [1.165, 1.54) is 38.2 Å². The Labute approximate surface area is 197 Å². The fourth-order valence-corrected chi connectivity index (χ4v) is 3.26. The van der Waals surface area contributed by atoms with Crippen molar-refractivity contribution in [3.63, 3.8) is 0 Å². The summed E-state index contributed by atoms with van der Waals surface area (Å²) in [5.41, 5.74) is 3.98. The summed E-state index contributed by atoms with van der Waals surface area (Å²) in [6.45, 7) is 8.24. The van der Waals surface area contributed by atoms with Gasteiger partial charge in [0.25, 0.3) is 0 Å². The molecule has 5 aromatic carbocycles. The van der Waals surface area contributed by atoms with E-state index in [4.69, 9.17) is 0 Å². The predicted molar refractivity (Wildman–Crippen MR) is 133 cm³/mol. The average molecular weight is 485 g/mol. The van der Waals surface area contributed by atoms with Gasteiger partial charge < -0.3 is 0 Å². The van der Waals surface area contributed by atoms with E-state index in [-0.39, 0.29) is 0 Å². The van der Waals surface area contributed by atoms with Crippen molar-refractivity contribution < 1.29 is 23.3 Å². The molecule has 0 saturated carbocycles. The van der Waals surface area contributed by atoms with Crippen LogP contribution in [0, 0.1) is 20.3 Å². The van der Waals surface area contributed by atoms with Crippen LogP contribution in [0.15, 0.2) is 103 Å². The molecule has 5 aromatic rings. The quantitative estimate of drug-likeness (QED) is 0.176. The molecule has 0 spiro atoms. The third-order valence-corrected chi connectivity index (χ3v) is 4.66. The Kier molecular flexibility index (Phi) is 10.6. The predicted octanol–water partition coefficient (Wildman–Crippen LogP) is 7.07. The van der Waals surface area contributed by atoms with Crippen LogP contribution in [0.4, 0.5) is 0 Å². The van der Waals surface area contributed by atoms with Gasteiger partial charge in [0.1, 0.15) is 0 Å². The first kappa shape index (κ1) is 24.1. The molecule has 0 aromatic heterocycles. The molecule has 0 bridgehead atoms. The number of fused-ring (bicyclic) bond motifs is 2. The summed E-state index contributed by atoms with van der Waals surface area (Å²) in [5.74, 6) is 0. The first-order valence-corrected chi connectivity index (χ1v) is 16.0. The van der Waals surface area contributed by atoms with Crippen LogP contribution in [0.2, 0.25) is 0 Å². The zero-order chi connectivity index (χ0) is 21.8. The fourth-order valence-electron chi connectivity index (χ4n) is 3.26. The van der Waals surface area contributed by atoms with Crippen LogP contribution in [0.25, 0.3) is 21.5 Å². The molecule has 5 rings (SSSR count). The molecule has 0 unspecified atom stereocenters. The Balaban J connectivity index is 0.000000155. The second-order valence-corrected chi connectivity index (χ2v) is 7.02. The van der Waals surface area contributed by atoms with E-state index in [1.807, 2.05) is 32.0 Å². The molecule has 0 aliphatic carbocycles. The van der Waals surface area contributed by atoms with Gasteiger partial charge in [0.2, 0.25) is 0 Å². The third kappa shape index (κ3) is 7.59. The van der Waals surface area contributed by atoms with Crippen molar-refractivity contribution in [3.8, 4) is 0 Å². The van der Waals surface area contributed by atoms with Gasteiger partial charge in [0.05, 0.1) is 0 Å². The second-order valence-electron chi connectivity index (χ2n) is 7.02. The first-order chi connectivity index (χ1) is 14.7. The molecule has 0 aliphatic heterocycles. The molecule has 2 heteroatoms. The van der Waals surface area contributed by atoms with Gasteiger partial charge >= 0.3 is 30.2 Å². The summed E-state index contributed by atoms with van der Waals surface area (Å²) < 4.78 is 0. The maximum absolute atomic E-state index is 2.20. The van der Waals surface area contributed by atoms with Crippen LogP contribution in [0.1, 0.15) is 23.6 Å². The zero-order valence-corrected chi connectivity index (χ0v) is 22.0. The van der Waals surface area contributed by atoms with Gasteiger partial charge in [-0.05, 0) is 0 Å². The van der Waals surface area contributed by atoms with Crippen molar-refractivity contribution in [2.45, 2.75) is 20.8 Å². The molecule has 0 aliphatic rings. The number of rotatable bonds is 1. The number of hydrogen-bond acceptors (Lipinski definition) is 0. The number of aryl methyl sites for hydroxylation is 2. The summed E-state index contributed by atoms with van der Waals surface area (Å²) >= 11 is 1.58. The molecule has 0 atom stereocenters. The van der Waals surface area contributed by atoms with E-state index >= 15 is 0 Å². The SMILES string of the molecule is C[CH-]c1ccccc1.Cc1cc2ccccc2[cH-]1.Cc1cc2ccccc2[cH-]1.[SiH2]=[Zr]. The minimum atomic E-state index is 1.28. The van der Waals surface area contributed by atoms with Gasteiger partial charge in [-0.1, -0.05) is 39.0 Å². The van der Waals surface area contributed by atoms with Crippen molar-refractivity contribution in [1.29, 1.82) is 0 Å². The van der Waals surface area contributed by atoms with E-state index < -0.39 is 0 Å². The molecular weight excluding hydrogens is 456 g/mol. The molecule has 0 amide bonds. The van der Waals surface area contributed by atoms with Crippen LogP contribution < -0.4 is 0 Å². The van der Waals surface area contributed by atoms with Crippen molar-refractivity contribution in [1.82, 2.24) is 0 Å². The van der Waals surface area contributed by atoms with Crippen LogP contribution in [0.5, 0.6) is 0 Å². The van der Waals surface area contributed by atoms with Gasteiger partial charge in [-0.2, -0.15) is 36.2 Å². The second kappa shape index (κ2) is 13.2. The van der Waals surface area contributed by atoms with Crippen molar-refractivity contribution in [2.75, 3.05) is 0 Å². The summed E-state index contributed by atoms with van der Waals surface area (Å²) in [7, 11) is 0. The zero-order valence-electron chi connectivity index (χ0n) is 18.1. The van der Waals surface area contributed by atoms with E-state index in [1.54, 1.807) is 23.3 Å². The maximum atomic E-state index is 2.20. The molecule has 0 nitrogen and oxygen atoms in total. The summed E-state index contributed by atoms with van der Waals surface area (Å²) in [6, 6.07) is 35.9. The summed E-state index contributed by atoms with van der Waals surface area (Å²) in [4.78, 5) is 0. The molecule has 0 saturated heterocycles. The van der Waals surface area contributed by atoms with E-state index in [0.717, 1.165) is 0 Å².